The van der Waals surface area contributed by atoms with Gasteiger partial charge in [-0.2, -0.15) is 0 Å². The predicted molar refractivity (Wildman–Crippen MR) is 133 cm³/mol. The number of para-hydroxylation sites is 1. The molecule has 4 rings (SSSR count). The van der Waals surface area contributed by atoms with Gasteiger partial charge >= 0.3 is 0 Å². The smallest absolute Gasteiger partial charge is 0.238 e. The van der Waals surface area contributed by atoms with E-state index in [1.165, 1.54) is 0 Å². The van der Waals surface area contributed by atoms with Crippen molar-refractivity contribution >= 4 is 46.6 Å². The fourth-order valence-electron chi connectivity index (χ4n) is 4.46. The van der Waals surface area contributed by atoms with Crippen molar-refractivity contribution in [1.82, 2.24) is 14.7 Å². The lowest BCUT2D eigenvalue weighted by Crippen LogP contribution is -2.40. The molecule has 2 aliphatic heterocycles. The lowest BCUT2D eigenvalue weighted by Gasteiger charge is -2.24. The molecule has 34 heavy (non-hydrogen) atoms. The normalized spacial score (nSPS) is 19.2. The molecule has 2 heterocycles. The van der Waals surface area contributed by atoms with Crippen LogP contribution in [0.2, 0.25) is 10.0 Å². The predicted octanol–water partition coefficient (Wildman–Crippen LogP) is 3.51. The topological polar surface area (TPSA) is 73.0 Å². The molecule has 2 fully saturated rings. The second kappa shape index (κ2) is 11.2. The summed E-state index contributed by atoms with van der Waals surface area (Å²) >= 11 is 12.1. The molecule has 0 aromatic heterocycles. The Labute approximate surface area is 209 Å². The Morgan fingerprint density at radius 1 is 0.971 bits per heavy atom. The van der Waals surface area contributed by atoms with Gasteiger partial charge in [0.2, 0.25) is 17.7 Å². The number of carbonyl (C=O) groups excluding carboxylic acids is 3. The zero-order valence-electron chi connectivity index (χ0n) is 18.9. The first kappa shape index (κ1) is 24.5. The summed E-state index contributed by atoms with van der Waals surface area (Å²) in [5.74, 6) is -0.433. The molecule has 0 spiro atoms. The summed E-state index contributed by atoms with van der Waals surface area (Å²) in [7, 11) is 0. The molecule has 9 heteroatoms. The van der Waals surface area contributed by atoms with Gasteiger partial charge in [0.15, 0.2) is 0 Å². The highest BCUT2D eigenvalue weighted by molar-refractivity contribution is 6.33. The first-order valence-electron chi connectivity index (χ1n) is 11.5. The van der Waals surface area contributed by atoms with Crippen molar-refractivity contribution in [2.45, 2.75) is 19.4 Å². The minimum Gasteiger partial charge on any atom is -0.341 e. The zero-order valence-corrected chi connectivity index (χ0v) is 20.4. The van der Waals surface area contributed by atoms with Gasteiger partial charge in [-0.05, 0) is 36.2 Å². The number of anilines is 1. The van der Waals surface area contributed by atoms with Gasteiger partial charge in [0.05, 0.1) is 23.2 Å². The van der Waals surface area contributed by atoms with E-state index >= 15 is 0 Å². The van der Waals surface area contributed by atoms with E-state index in [2.05, 4.69) is 5.32 Å². The Morgan fingerprint density at radius 2 is 1.74 bits per heavy atom. The number of likely N-dealkylation sites (tertiary alicyclic amines) is 1. The van der Waals surface area contributed by atoms with E-state index in [0.29, 0.717) is 48.5 Å². The van der Waals surface area contributed by atoms with E-state index in [-0.39, 0.29) is 36.6 Å². The Balaban J connectivity index is 1.27. The Morgan fingerprint density at radius 3 is 2.50 bits per heavy atom. The molecule has 7 nitrogen and oxygen atoms in total. The summed E-state index contributed by atoms with van der Waals surface area (Å²) in [4.78, 5) is 43.8. The molecule has 0 bridgehead atoms. The van der Waals surface area contributed by atoms with Crippen LogP contribution in [0.4, 0.5) is 5.69 Å². The molecular formula is C25H28Cl2N4O3. The van der Waals surface area contributed by atoms with Gasteiger partial charge in [0.1, 0.15) is 0 Å². The minimum atomic E-state index is -0.324. The summed E-state index contributed by atoms with van der Waals surface area (Å²) < 4.78 is 0. The van der Waals surface area contributed by atoms with Gasteiger partial charge in [0.25, 0.3) is 0 Å². The van der Waals surface area contributed by atoms with Crippen LogP contribution in [-0.4, -0.2) is 71.7 Å². The van der Waals surface area contributed by atoms with Crippen LogP contribution in [-0.2, 0) is 20.9 Å². The molecule has 0 aliphatic carbocycles. The summed E-state index contributed by atoms with van der Waals surface area (Å²) in [6.07, 6.45) is 1.02. The van der Waals surface area contributed by atoms with Crippen LogP contribution in [0.25, 0.3) is 0 Å². The third-order valence-electron chi connectivity index (χ3n) is 6.27. The van der Waals surface area contributed by atoms with E-state index in [1.54, 1.807) is 29.2 Å². The van der Waals surface area contributed by atoms with Crippen LogP contribution in [0.3, 0.4) is 0 Å². The lowest BCUT2D eigenvalue weighted by molar-refractivity contribution is -0.135. The van der Waals surface area contributed by atoms with E-state index in [9.17, 15) is 14.4 Å². The summed E-state index contributed by atoms with van der Waals surface area (Å²) in [5.41, 5.74) is 1.58. The lowest BCUT2D eigenvalue weighted by atomic mass is 10.1. The molecule has 1 unspecified atom stereocenters. The number of nitrogens with zero attached hydrogens (tertiary/aromatic N) is 3. The molecule has 2 aromatic rings. The first-order chi connectivity index (χ1) is 16.4. The molecule has 3 amide bonds. The van der Waals surface area contributed by atoms with E-state index in [1.807, 2.05) is 34.1 Å². The molecule has 2 saturated heterocycles. The van der Waals surface area contributed by atoms with Gasteiger partial charge in [0, 0.05) is 50.7 Å². The van der Waals surface area contributed by atoms with Crippen molar-refractivity contribution in [3.8, 4) is 0 Å². The summed E-state index contributed by atoms with van der Waals surface area (Å²) in [6.45, 7) is 3.66. The number of amides is 3. The van der Waals surface area contributed by atoms with Gasteiger partial charge in [-0.15, -0.1) is 0 Å². The highest BCUT2D eigenvalue weighted by Crippen LogP contribution is 2.24. The fraction of sp³-hybridized carbons (Fsp3) is 0.400. The number of benzene rings is 2. The molecule has 180 valence electrons. The average molecular weight is 503 g/mol. The van der Waals surface area contributed by atoms with E-state index in [4.69, 9.17) is 23.2 Å². The average Bonchev–Trinajstić information content (AvgIpc) is 3.02. The highest BCUT2D eigenvalue weighted by atomic mass is 35.5. The van der Waals surface area contributed by atoms with Crippen molar-refractivity contribution in [1.29, 1.82) is 0 Å². The highest BCUT2D eigenvalue weighted by Gasteiger charge is 2.36. The summed E-state index contributed by atoms with van der Waals surface area (Å²) in [5, 5.41) is 4.00. The Bertz CT molecular complexity index is 1050. The number of hydrogen-bond donors (Lipinski definition) is 1. The Hall–Kier alpha value is -2.61. The number of rotatable bonds is 6. The van der Waals surface area contributed by atoms with E-state index in [0.717, 1.165) is 18.5 Å². The third-order valence-corrected chi connectivity index (χ3v) is 6.85. The molecule has 2 aliphatic rings. The number of hydrogen-bond acceptors (Lipinski definition) is 4. The third kappa shape index (κ3) is 6.29. The second-order valence-electron chi connectivity index (χ2n) is 8.78. The number of carbonyl (C=O) groups is 3. The van der Waals surface area contributed by atoms with Crippen molar-refractivity contribution in [2.75, 3.05) is 44.6 Å². The van der Waals surface area contributed by atoms with Crippen LogP contribution in [0.1, 0.15) is 18.4 Å². The molecule has 0 saturated carbocycles. The number of nitrogens with one attached hydrogen (secondary N) is 1. The van der Waals surface area contributed by atoms with Gasteiger partial charge < -0.3 is 15.1 Å². The van der Waals surface area contributed by atoms with Crippen LogP contribution in [0, 0.1) is 5.92 Å². The van der Waals surface area contributed by atoms with Crippen LogP contribution >= 0.6 is 23.2 Å². The molecule has 0 radical (unpaired) electrons. The maximum Gasteiger partial charge on any atom is 0.238 e. The SMILES string of the molecule is O=C(CN1CCCN(C(=O)C2CC(=O)N(Cc3ccc(Cl)cc3)C2)CC1)Nc1ccccc1Cl. The van der Waals surface area contributed by atoms with Gasteiger partial charge in [-0.25, -0.2) is 0 Å². The van der Waals surface area contributed by atoms with Crippen LogP contribution in [0.15, 0.2) is 48.5 Å². The van der Waals surface area contributed by atoms with Crippen LogP contribution in [0.5, 0.6) is 0 Å². The van der Waals surface area contributed by atoms with Crippen molar-refractivity contribution < 1.29 is 14.4 Å². The second-order valence-corrected chi connectivity index (χ2v) is 9.63. The maximum atomic E-state index is 13.2. The fourth-order valence-corrected chi connectivity index (χ4v) is 4.77. The number of halogens is 2. The van der Waals surface area contributed by atoms with Gasteiger partial charge in [-0.1, -0.05) is 47.5 Å². The maximum absolute atomic E-state index is 13.2. The summed E-state index contributed by atoms with van der Waals surface area (Å²) in [6, 6.07) is 14.5. The molecule has 1 N–H and O–H groups in total. The molecular weight excluding hydrogens is 475 g/mol. The quantitative estimate of drug-likeness (QED) is 0.655. The van der Waals surface area contributed by atoms with E-state index < -0.39 is 0 Å². The monoisotopic (exact) mass is 502 g/mol. The van der Waals surface area contributed by atoms with Crippen molar-refractivity contribution in [3.05, 3.63) is 64.1 Å². The van der Waals surface area contributed by atoms with Gasteiger partial charge in [-0.3, -0.25) is 19.3 Å². The van der Waals surface area contributed by atoms with Crippen LogP contribution < -0.4 is 5.32 Å². The van der Waals surface area contributed by atoms with Crippen molar-refractivity contribution in [3.63, 3.8) is 0 Å². The first-order valence-corrected chi connectivity index (χ1v) is 12.2. The standard InChI is InChI=1S/C25H28Cl2N4O3/c26-20-8-6-18(7-9-20)15-31-16-19(14-24(31)33)25(34)30-11-3-10-29(12-13-30)17-23(32)28-22-5-2-1-4-21(22)27/h1-2,4-9,19H,3,10-17H2,(H,28,32). The van der Waals surface area contributed by atoms with Crippen molar-refractivity contribution in [2.24, 2.45) is 5.92 Å². The molecule has 1 atom stereocenters. The minimum absolute atomic E-state index is 0.000919. The largest absolute Gasteiger partial charge is 0.341 e. The zero-order chi connectivity index (χ0) is 24.1. The molecule has 2 aromatic carbocycles. The Kier molecular flexibility index (Phi) is 8.08.